The molecule has 1 saturated heterocycles. The molecule has 3 aliphatic heterocycles. The van der Waals surface area contributed by atoms with E-state index >= 15 is 4.39 Å². The van der Waals surface area contributed by atoms with Gasteiger partial charge in [-0.3, -0.25) is 14.4 Å². The number of para-hydroxylation sites is 1. The number of nitrogens with one attached hydrogen (secondary N) is 1. The van der Waals surface area contributed by atoms with E-state index in [1.807, 2.05) is 53.4 Å². The summed E-state index contributed by atoms with van der Waals surface area (Å²) < 4.78 is 25.5. The van der Waals surface area contributed by atoms with Crippen molar-refractivity contribution in [2.45, 2.75) is 17.5 Å². The van der Waals surface area contributed by atoms with Crippen molar-refractivity contribution in [1.82, 2.24) is 4.90 Å². The average molecular weight is 575 g/mol. The molecular formula is C35H27FN2O5. The van der Waals surface area contributed by atoms with Crippen LogP contribution in [0, 0.1) is 11.7 Å². The molecule has 43 heavy (non-hydrogen) atoms. The van der Waals surface area contributed by atoms with Crippen LogP contribution >= 0.6 is 0 Å². The molecule has 1 spiro atoms. The van der Waals surface area contributed by atoms with Crippen LogP contribution in [0.25, 0.3) is 6.08 Å². The van der Waals surface area contributed by atoms with Gasteiger partial charge in [0.25, 0.3) is 0 Å². The van der Waals surface area contributed by atoms with E-state index in [1.165, 1.54) is 26.4 Å². The molecule has 3 aliphatic rings. The van der Waals surface area contributed by atoms with Crippen LogP contribution < -0.4 is 14.8 Å². The SMILES string of the molecule is COc1cccc(C(=O)[C@H]2[C@@H](C(=O)c3ccc(OC)c(F)c3)[C@]3(C(=O)Nc4ccccc43)[C@H]3c4ccccc4C=CN23)c1. The maximum Gasteiger partial charge on any atom is 0.238 e. The van der Waals surface area contributed by atoms with Crippen LogP contribution in [0.15, 0.2) is 97.2 Å². The number of rotatable bonds is 6. The summed E-state index contributed by atoms with van der Waals surface area (Å²) in [6, 6.07) is 23.8. The van der Waals surface area contributed by atoms with Gasteiger partial charge in [0.1, 0.15) is 17.2 Å². The largest absolute Gasteiger partial charge is 0.497 e. The Balaban J connectivity index is 1.52. The van der Waals surface area contributed by atoms with Crippen LogP contribution in [0.1, 0.15) is 43.4 Å². The summed E-state index contributed by atoms with van der Waals surface area (Å²) >= 11 is 0. The number of Topliss-reactive ketones (excluding diaryl/α,β-unsaturated/α-hetero) is 2. The quantitative estimate of drug-likeness (QED) is 0.292. The zero-order valence-electron chi connectivity index (χ0n) is 23.4. The molecule has 0 radical (unpaired) electrons. The van der Waals surface area contributed by atoms with Crippen LogP contribution in [0.3, 0.4) is 0 Å². The second-order valence-corrected chi connectivity index (χ2v) is 10.9. The molecule has 0 saturated carbocycles. The molecule has 1 amide bonds. The van der Waals surface area contributed by atoms with E-state index in [9.17, 15) is 14.4 Å². The van der Waals surface area contributed by atoms with Gasteiger partial charge in [0, 0.05) is 23.0 Å². The number of halogens is 1. The molecule has 0 aliphatic carbocycles. The van der Waals surface area contributed by atoms with Crippen molar-refractivity contribution < 1.29 is 28.2 Å². The number of methoxy groups -OCH3 is 2. The van der Waals surface area contributed by atoms with Gasteiger partial charge >= 0.3 is 0 Å². The molecule has 0 unspecified atom stereocenters. The van der Waals surface area contributed by atoms with E-state index in [4.69, 9.17) is 9.47 Å². The summed E-state index contributed by atoms with van der Waals surface area (Å²) in [5.41, 5.74) is 1.76. The summed E-state index contributed by atoms with van der Waals surface area (Å²) in [5, 5.41) is 3.01. The molecule has 0 bridgehead atoms. The molecule has 4 aromatic carbocycles. The van der Waals surface area contributed by atoms with Gasteiger partial charge in [-0.15, -0.1) is 0 Å². The van der Waals surface area contributed by atoms with Gasteiger partial charge in [0.15, 0.2) is 23.1 Å². The second-order valence-electron chi connectivity index (χ2n) is 10.9. The van der Waals surface area contributed by atoms with Crippen LogP contribution in [0.2, 0.25) is 0 Å². The predicted octanol–water partition coefficient (Wildman–Crippen LogP) is 5.82. The average Bonchev–Trinajstić information content (AvgIpc) is 3.52. The van der Waals surface area contributed by atoms with E-state index in [0.717, 1.165) is 17.2 Å². The smallest absolute Gasteiger partial charge is 0.238 e. The van der Waals surface area contributed by atoms with Crippen LogP contribution in [0.4, 0.5) is 10.1 Å². The normalized spacial score (nSPS) is 22.9. The lowest BCUT2D eigenvalue weighted by atomic mass is 9.62. The molecule has 1 N–H and O–H groups in total. The highest BCUT2D eigenvalue weighted by Crippen LogP contribution is 2.62. The van der Waals surface area contributed by atoms with Gasteiger partial charge in [-0.1, -0.05) is 54.6 Å². The summed E-state index contributed by atoms with van der Waals surface area (Å²) in [7, 11) is 2.86. The zero-order valence-corrected chi connectivity index (χ0v) is 23.4. The van der Waals surface area contributed by atoms with E-state index in [2.05, 4.69) is 5.32 Å². The Kier molecular flexibility index (Phi) is 6.16. The minimum atomic E-state index is -1.51. The number of ether oxygens (including phenoxy) is 2. The minimum Gasteiger partial charge on any atom is -0.497 e. The second kappa shape index (κ2) is 9.94. The standard InChI is InChI=1S/C35H27FN2O5/c1-42-23-10-7-9-21(18-23)32(40)30-29(31(39)22-14-15-28(43-2)26(36)19-22)35(25-12-5-6-13-27(25)37-34(35)41)33-24-11-4-3-8-20(24)16-17-38(30)33/h3-19,29-30,33H,1-2H3,(H,37,41)/t29-,30+,33+,35-/m0/s1. The van der Waals surface area contributed by atoms with Crippen LogP contribution in [0.5, 0.6) is 11.5 Å². The molecular weight excluding hydrogens is 547 g/mol. The predicted molar refractivity (Wildman–Crippen MR) is 159 cm³/mol. The van der Waals surface area contributed by atoms with Gasteiger partial charge in [-0.2, -0.15) is 0 Å². The number of nitrogens with zero attached hydrogens (tertiary/aromatic N) is 1. The molecule has 1 fully saturated rings. The summed E-state index contributed by atoms with van der Waals surface area (Å²) in [6.45, 7) is 0. The van der Waals surface area contributed by atoms with Crippen LogP contribution in [-0.4, -0.2) is 42.6 Å². The number of anilines is 1. The van der Waals surface area contributed by atoms with E-state index in [1.54, 1.807) is 36.5 Å². The fourth-order valence-electron chi connectivity index (χ4n) is 7.11. The third-order valence-corrected chi connectivity index (χ3v) is 8.91. The van der Waals surface area contributed by atoms with E-state index < -0.39 is 35.0 Å². The van der Waals surface area contributed by atoms with Crippen molar-refractivity contribution in [2.75, 3.05) is 19.5 Å². The Labute approximate surface area is 247 Å². The first-order valence-corrected chi connectivity index (χ1v) is 13.9. The lowest BCUT2D eigenvalue weighted by Gasteiger charge is -2.38. The molecule has 7 nitrogen and oxygen atoms in total. The van der Waals surface area contributed by atoms with Gasteiger partial charge in [0.05, 0.1) is 26.2 Å². The monoisotopic (exact) mass is 574 g/mol. The van der Waals surface area contributed by atoms with Gasteiger partial charge in [-0.05, 0) is 59.2 Å². The summed E-state index contributed by atoms with van der Waals surface area (Å²) in [6.07, 6.45) is 3.69. The van der Waals surface area contributed by atoms with Crippen LogP contribution in [-0.2, 0) is 10.2 Å². The topological polar surface area (TPSA) is 84.9 Å². The maximum absolute atomic E-state index is 15.0. The maximum atomic E-state index is 15.0. The lowest BCUT2D eigenvalue weighted by molar-refractivity contribution is -0.122. The summed E-state index contributed by atoms with van der Waals surface area (Å²) in [5.74, 6) is -2.72. The number of ketones is 2. The zero-order chi connectivity index (χ0) is 29.9. The third kappa shape index (κ3) is 3.75. The fraction of sp³-hybridized carbons (Fsp3) is 0.171. The van der Waals surface area contributed by atoms with Gasteiger partial charge < -0.3 is 19.7 Å². The number of hydrogen-bond acceptors (Lipinski definition) is 6. The van der Waals surface area contributed by atoms with E-state index in [0.29, 0.717) is 22.6 Å². The highest BCUT2D eigenvalue weighted by atomic mass is 19.1. The van der Waals surface area contributed by atoms with Crippen molar-refractivity contribution in [3.8, 4) is 11.5 Å². The third-order valence-electron chi connectivity index (χ3n) is 8.91. The van der Waals surface area contributed by atoms with Crippen molar-refractivity contribution in [3.63, 3.8) is 0 Å². The number of amides is 1. The van der Waals surface area contributed by atoms with Crippen molar-refractivity contribution in [2.24, 2.45) is 5.92 Å². The molecule has 4 atom stereocenters. The Hall–Kier alpha value is -5.24. The van der Waals surface area contributed by atoms with Crippen molar-refractivity contribution in [1.29, 1.82) is 0 Å². The van der Waals surface area contributed by atoms with Crippen molar-refractivity contribution in [3.05, 3.63) is 131 Å². The Bertz CT molecular complexity index is 1850. The molecule has 214 valence electrons. The fourth-order valence-corrected chi connectivity index (χ4v) is 7.11. The Morgan fingerprint density at radius 3 is 2.42 bits per heavy atom. The van der Waals surface area contributed by atoms with Gasteiger partial charge in [-0.25, -0.2) is 4.39 Å². The number of carbonyl (C=O) groups is 3. The molecule has 0 aromatic heterocycles. The molecule has 7 rings (SSSR count). The molecule has 8 heteroatoms. The highest BCUT2D eigenvalue weighted by Gasteiger charge is 2.70. The summed E-state index contributed by atoms with van der Waals surface area (Å²) in [4.78, 5) is 45.8. The van der Waals surface area contributed by atoms with E-state index in [-0.39, 0.29) is 23.0 Å². The molecule has 3 heterocycles. The molecule has 4 aromatic rings. The Morgan fingerprint density at radius 1 is 0.860 bits per heavy atom. The Morgan fingerprint density at radius 2 is 1.63 bits per heavy atom. The van der Waals surface area contributed by atoms with Gasteiger partial charge in [0.2, 0.25) is 5.91 Å². The number of hydrogen-bond donors (Lipinski definition) is 1. The highest BCUT2D eigenvalue weighted by molar-refractivity contribution is 6.16. The van der Waals surface area contributed by atoms with Crippen molar-refractivity contribution >= 4 is 29.2 Å². The first kappa shape index (κ1) is 26.6. The number of fused-ring (bicyclic) bond motifs is 6. The first-order valence-electron chi connectivity index (χ1n) is 13.9. The number of benzene rings is 4. The lowest BCUT2D eigenvalue weighted by Crippen LogP contribution is -2.49. The minimum absolute atomic E-state index is 0.0140. The number of carbonyl (C=O) groups excluding carboxylic acids is 3. The first-order chi connectivity index (χ1) is 20.9.